The zero-order valence-electron chi connectivity index (χ0n) is 36.3. The lowest BCUT2D eigenvalue weighted by Gasteiger charge is -2.57. The van der Waals surface area contributed by atoms with Gasteiger partial charge in [0.2, 0.25) is 0 Å². The first kappa shape index (κ1) is 38.6. The van der Waals surface area contributed by atoms with Crippen molar-refractivity contribution in [1.29, 1.82) is 0 Å². The Morgan fingerprint density at radius 2 is 0.850 bits per heavy atom. The van der Waals surface area contributed by atoms with E-state index < -0.39 is 0 Å². The van der Waals surface area contributed by atoms with E-state index in [1.54, 1.807) is 19.2 Å². The van der Waals surface area contributed by atoms with Gasteiger partial charge in [-0.1, -0.05) is 64.1 Å². The van der Waals surface area contributed by atoms with E-state index in [0.29, 0.717) is 17.6 Å². The average Bonchev–Trinajstić information content (AvgIpc) is 3.21. The summed E-state index contributed by atoms with van der Waals surface area (Å²) in [5.74, 6) is 5.64. The van der Waals surface area contributed by atoms with Gasteiger partial charge in [0.25, 0.3) is 0 Å². The third-order valence-electron chi connectivity index (χ3n) is 16.7. The molecular formula is C56H61F2NO. The average molecular weight is 802 g/mol. The summed E-state index contributed by atoms with van der Waals surface area (Å²) in [6, 6.07) is 29.2. The fourth-order valence-electron chi connectivity index (χ4n) is 14.7. The third kappa shape index (κ3) is 6.65. The number of halogens is 2. The zero-order chi connectivity index (χ0) is 41.1. The van der Waals surface area contributed by atoms with Crippen molar-refractivity contribution in [2.24, 2.45) is 35.5 Å². The second-order valence-corrected chi connectivity index (χ2v) is 21.5. The van der Waals surface area contributed by atoms with Crippen LogP contribution < -0.4 is 4.74 Å². The van der Waals surface area contributed by atoms with Gasteiger partial charge in [0.05, 0.1) is 18.5 Å². The molecule has 4 heteroatoms. The highest BCUT2D eigenvalue weighted by Gasteiger charge is 2.53. The van der Waals surface area contributed by atoms with E-state index in [2.05, 4.69) is 76.2 Å². The summed E-state index contributed by atoms with van der Waals surface area (Å²) in [5, 5.41) is 0. The van der Waals surface area contributed by atoms with Crippen LogP contribution in [0.25, 0.3) is 44.8 Å². The molecule has 1 heterocycles. The predicted octanol–water partition coefficient (Wildman–Crippen LogP) is 15.2. The first-order chi connectivity index (χ1) is 28.9. The maximum Gasteiger partial charge on any atom is 0.124 e. The number of pyridine rings is 1. The molecule has 1 aromatic heterocycles. The Bertz CT molecular complexity index is 2260. The van der Waals surface area contributed by atoms with E-state index in [1.165, 1.54) is 99.3 Å². The molecule has 0 N–H and O–H groups in total. The van der Waals surface area contributed by atoms with Crippen LogP contribution in [0.4, 0.5) is 8.78 Å². The van der Waals surface area contributed by atoms with Crippen LogP contribution in [-0.2, 0) is 10.8 Å². The van der Waals surface area contributed by atoms with E-state index in [9.17, 15) is 0 Å². The van der Waals surface area contributed by atoms with Crippen molar-refractivity contribution in [3.63, 3.8) is 0 Å². The molecule has 0 spiro atoms. The molecule has 8 aliphatic carbocycles. The minimum Gasteiger partial charge on any atom is -0.497 e. The molecule has 13 rings (SSSR count). The van der Waals surface area contributed by atoms with Crippen LogP contribution in [0.3, 0.4) is 0 Å². The summed E-state index contributed by atoms with van der Waals surface area (Å²) in [6.07, 6.45) is 15.3. The summed E-state index contributed by atoms with van der Waals surface area (Å²) in [6.45, 7) is 8.88. The van der Waals surface area contributed by atoms with Crippen molar-refractivity contribution in [3.8, 4) is 50.5 Å². The highest BCUT2D eigenvalue weighted by molar-refractivity contribution is 5.87. The lowest BCUT2D eigenvalue weighted by molar-refractivity contribution is -0.00540. The number of ether oxygens (including phenoxy) is 1. The molecule has 4 aromatic carbocycles. The molecule has 60 heavy (non-hydrogen) atoms. The van der Waals surface area contributed by atoms with E-state index in [4.69, 9.17) is 9.72 Å². The lowest BCUT2D eigenvalue weighted by atomic mass is 9.48. The number of hydrogen-bond donors (Lipinski definition) is 0. The van der Waals surface area contributed by atoms with Gasteiger partial charge in [-0.25, -0.2) is 13.8 Å². The van der Waals surface area contributed by atoms with Gasteiger partial charge < -0.3 is 4.74 Å². The quantitative estimate of drug-likeness (QED) is 0.148. The minimum absolute atomic E-state index is 0.0787. The van der Waals surface area contributed by atoms with Crippen LogP contribution in [-0.4, -0.2) is 12.1 Å². The molecule has 310 valence electrons. The van der Waals surface area contributed by atoms with Crippen molar-refractivity contribution in [2.45, 2.75) is 127 Å². The van der Waals surface area contributed by atoms with Gasteiger partial charge >= 0.3 is 0 Å². The fraction of sp³-hybridized carbons (Fsp3) is 0.482. The Balaban J connectivity index is 1.05. The number of nitrogens with zero attached hydrogens (tertiary/aromatic N) is 1. The molecule has 8 saturated carbocycles. The maximum atomic E-state index is 16.1. The Labute approximate surface area is 356 Å². The number of aromatic nitrogens is 1. The largest absolute Gasteiger partial charge is 0.497 e. The predicted molar refractivity (Wildman–Crippen MR) is 240 cm³/mol. The lowest BCUT2D eigenvalue weighted by Crippen LogP contribution is -2.48. The molecule has 8 aliphatic rings. The maximum absolute atomic E-state index is 16.1. The molecule has 0 unspecified atom stereocenters. The summed E-state index contributed by atoms with van der Waals surface area (Å²) in [7, 11) is 1.72. The van der Waals surface area contributed by atoms with Gasteiger partial charge in [0.15, 0.2) is 0 Å². The normalized spacial score (nSPS) is 29.9. The topological polar surface area (TPSA) is 22.1 Å². The van der Waals surface area contributed by atoms with Gasteiger partial charge in [-0.3, -0.25) is 0 Å². The number of hydrogen-bond acceptors (Lipinski definition) is 2. The number of rotatable bonds is 9. The van der Waals surface area contributed by atoms with Crippen LogP contribution in [0.2, 0.25) is 0 Å². The van der Waals surface area contributed by atoms with Gasteiger partial charge in [-0.05, 0) is 216 Å². The van der Waals surface area contributed by atoms with Gasteiger partial charge in [-0.15, -0.1) is 0 Å². The third-order valence-corrected chi connectivity index (χ3v) is 16.7. The molecule has 5 aromatic rings. The van der Waals surface area contributed by atoms with E-state index >= 15 is 8.78 Å². The summed E-state index contributed by atoms with van der Waals surface area (Å²) < 4.78 is 38.2. The molecule has 8 bridgehead atoms. The smallest absolute Gasteiger partial charge is 0.124 e. The molecule has 0 radical (unpaired) electrons. The number of methoxy groups -OCH3 is 1. The SMILES string of the molecule is COc1cc(-c2cc(C(C)C)ccc2-c2cc(F)cc(C34CC5CC(CC(C5)C3)C4)c2)nc(-c2cc(C(C)C)ccc2-c2cc(F)cc(C34CC5CC(CC(C5)C3)C4)c2)c1. The van der Waals surface area contributed by atoms with Gasteiger partial charge in [0.1, 0.15) is 17.4 Å². The van der Waals surface area contributed by atoms with Crippen LogP contribution in [0, 0.1) is 47.1 Å². The summed E-state index contributed by atoms with van der Waals surface area (Å²) in [4.78, 5) is 5.53. The molecule has 0 saturated heterocycles. The highest BCUT2D eigenvalue weighted by atomic mass is 19.1. The van der Waals surface area contributed by atoms with Crippen molar-refractivity contribution in [3.05, 3.63) is 119 Å². The van der Waals surface area contributed by atoms with Gasteiger partial charge in [-0.2, -0.15) is 0 Å². The molecular weight excluding hydrogens is 741 g/mol. The van der Waals surface area contributed by atoms with Crippen LogP contribution >= 0.6 is 0 Å². The van der Waals surface area contributed by atoms with Crippen LogP contribution in [0.1, 0.15) is 139 Å². The fourth-order valence-corrected chi connectivity index (χ4v) is 14.7. The van der Waals surface area contributed by atoms with Gasteiger partial charge in [0, 0.05) is 23.3 Å². The first-order valence-corrected chi connectivity index (χ1v) is 23.4. The standard InChI is InChI=1S/C56H61F2NO/c1-32(2)40-6-8-49(42-16-44(22-46(57)18-42)55-26-34-10-35(27-55)12-36(11-34)28-55)51(20-40)53-24-48(60-5)25-54(59-53)52-21-41(33(3)4)7-9-50(52)43-17-45(23-47(58)19-43)56-29-37-13-38(30-56)15-39(14-37)31-56/h6-9,16-25,32-39H,10-15,26-31H2,1-5H3. The molecule has 0 aliphatic heterocycles. The molecule has 8 fully saturated rings. The number of benzene rings is 4. The van der Waals surface area contributed by atoms with E-state index in [-0.39, 0.29) is 22.5 Å². The highest BCUT2D eigenvalue weighted by Crippen LogP contribution is 2.62. The monoisotopic (exact) mass is 801 g/mol. The minimum atomic E-state index is -0.158. The van der Waals surface area contributed by atoms with Crippen LogP contribution in [0.15, 0.2) is 84.9 Å². The Hall–Kier alpha value is -4.31. The zero-order valence-corrected chi connectivity index (χ0v) is 36.3. The van der Waals surface area contributed by atoms with E-state index in [1.807, 2.05) is 24.3 Å². The molecule has 0 atom stereocenters. The van der Waals surface area contributed by atoms with Crippen molar-refractivity contribution in [1.82, 2.24) is 4.98 Å². The van der Waals surface area contributed by atoms with Crippen molar-refractivity contribution < 1.29 is 13.5 Å². The van der Waals surface area contributed by atoms with Crippen molar-refractivity contribution in [2.75, 3.05) is 7.11 Å². The molecule has 0 amide bonds. The molecule has 2 nitrogen and oxygen atoms in total. The first-order valence-electron chi connectivity index (χ1n) is 23.4. The Morgan fingerprint density at radius 3 is 1.18 bits per heavy atom. The van der Waals surface area contributed by atoms with Crippen molar-refractivity contribution >= 4 is 0 Å². The summed E-state index contributed by atoms with van der Waals surface area (Å²) in [5.41, 5.74) is 12.3. The second kappa shape index (κ2) is 14.4. The second-order valence-electron chi connectivity index (χ2n) is 21.5. The Morgan fingerprint density at radius 1 is 0.483 bits per heavy atom. The Kier molecular flexibility index (Phi) is 9.25. The summed E-state index contributed by atoms with van der Waals surface area (Å²) >= 11 is 0. The van der Waals surface area contributed by atoms with E-state index in [0.717, 1.165) is 80.3 Å². The van der Waals surface area contributed by atoms with Crippen LogP contribution in [0.5, 0.6) is 5.75 Å².